The van der Waals surface area contributed by atoms with E-state index in [0.29, 0.717) is 5.13 Å². The van der Waals surface area contributed by atoms with Crippen molar-refractivity contribution in [2.24, 2.45) is 11.8 Å². The minimum absolute atomic E-state index is 0.0781. The van der Waals surface area contributed by atoms with Crippen LogP contribution in [-0.4, -0.2) is 16.8 Å². The topological polar surface area (TPSA) is 50.3 Å². The Kier molecular flexibility index (Phi) is 2.79. The van der Waals surface area contributed by atoms with Crippen molar-refractivity contribution >= 4 is 28.3 Å². The molecule has 2 amide bonds. The van der Waals surface area contributed by atoms with Crippen LogP contribution in [0.4, 0.5) is 5.13 Å². The molecule has 4 nitrogen and oxygen atoms in total. The highest BCUT2D eigenvalue weighted by atomic mass is 32.1. The lowest BCUT2D eigenvalue weighted by Gasteiger charge is -2.52. The summed E-state index contributed by atoms with van der Waals surface area (Å²) >= 11 is 1.34. The number of thiazole rings is 1. The lowest BCUT2D eigenvalue weighted by Crippen LogP contribution is -2.51. The molecular weight excluding hydrogens is 356 g/mol. The monoisotopic (exact) mass is 372 g/mol. The van der Waals surface area contributed by atoms with Crippen molar-refractivity contribution in [1.82, 2.24) is 4.98 Å². The van der Waals surface area contributed by atoms with E-state index in [4.69, 9.17) is 0 Å². The van der Waals surface area contributed by atoms with Crippen molar-refractivity contribution in [2.45, 2.75) is 18.3 Å². The van der Waals surface area contributed by atoms with E-state index in [2.05, 4.69) is 36.2 Å². The van der Waals surface area contributed by atoms with Crippen LogP contribution in [0.1, 0.15) is 35.1 Å². The number of hydrogen-bond donors (Lipinski definition) is 0. The van der Waals surface area contributed by atoms with Crippen molar-refractivity contribution in [3.8, 4) is 0 Å². The van der Waals surface area contributed by atoms with E-state index < -0.39 is 5.41 Å². The molecule has 2 aromatic carbocycles. The lowest BCUT2D eigenvalue weighted by atomic mass is 9.48. The summed E-state index contributed by atoms with van der Waals surface area (Å²) in [6.07, 6.45) is 1.64. The number of aromatic nitrogens is 1. The van der Waals surface area contributed by atoms with Gasteiger partial charge in [-0.15, -0.1) is 11.3 Å². The van der Waals surface area contributed by atoms with Crippen LogP contribution in [0.5, 0.6) is 0 Å². The third-order valence-corrected chi connectivity index (χ3v) is 7.41. The highest BCUT2D eigenvalue weighted by molar-refractivity contribution is 7.14. The van der Waals surface area contributed by atoms with E-state index >= 15 is 0 Å². The molecule has 5 heteroatoms. The molecule has 2 atom stereocenters. The maximum absolute atomic E-state index is 13.5. The van der Waals surface area contributed by atoms with Crippen molar-refractivity contribution in [2.75, 3.05) is 4.90 Å². The molecule has 0 N–H and O–H groups in total. The predicted molar refractivity (Wildman–Crippen MR) is 103 cm³/mol. The summed E-state index contributed by atoms with van der Waals surface area (Å²) in [4.78, 5) is 32.6. The Morgan fingerprint density at radius 2 is 1.59 bits per heavy atom. The smallest absolute Gasteiger partial charge is 0.240 e. The number of carbonyl (C=O) groups excluding carboxylic acids is 2. The molecule has 2 heterocycles. The standard InChI is InChI=1S/C22H16N2O2S/c1-22-14-8-4-2-6-12(14)16(13-7-3-5-9-15(13)22)17-18(22)20(26)24(19(17)25)21-23-10-11-27-21/h2-11,16-18H,1H3/t16?,17-,18+,22?/m0/s1. The second-order valence-electron chi connectivity index (χ2n) is 7.68. The molecule has 4 aliphatic rings. The molecule has 3 aromatic rings. The van der Waals surface area contributed by atoms with Crippen LogP contribution in [0.3, 0.4) is 0 Å². The first kappa shape index (κ1) is 15.3. The van der Waals surface area contributed by atoms with Gasteiger partial charge in [-0.1, -0.05) is 55.5 Å². The SMILES string of the molecule is CC12c3ccccc3C(c3ccccc31)[C@@H]1C(=O)N(c3nccs3)C(=O)[C@@H]12. The fourth-order valence-corrected chi connectivity index (χ4v) is 6.32. The van der Waals surface area contributed by atoms with Gasteiger partial charge in [-0.2, -0.15) is 0 Å². The lowest BCUT2D eigenvalue weighted by molar-refractivity contribution is -0.123. The van der Waals surface area contributed by atoms with Gasteiger partial charge in [0, 0.05) is 22.9 Å². The number of benzene rings is 2. The van der Waals surface area contributed by atoms with Crippen LogP contribution >= 0.6 is 11.3 Å². The molecular formula is C22H16N2O2S. The van der Waals surface area contributed by atoms with Gasteiger partial charge >= 0.3 is 0 Å². The van der Waals surface area contributed by atoms with Crippen LogP contribution in [0.2, 0.25) is 0 Å². The minimum Gasteiger partial charge on any atom is -0.274 e. The van der Waals surface area contributed by atoms with Gasteiger partial charge in [0.15, 0.2) is 5.13 Å². The molecule has 2 bridgehead atoms. The summed E-state index contributed by atoms with van der Waals surface area (Å²) in [6.45, 7) is 2.13. The van der Waals surface area contributed by atoms with Crippen molar-refractivity contribution < 1.29 is 9.59 Å². The van der Waals surface area contributed by atoms with Crippen LogP contribution < -0.4 is 4.90 Å². The zero-order chi connectivity index (χ0) is 18.3. The second kappa shape index (κ2) is 4.93. The predicted octanol–water partition coefficient (Wildman–Crippen LogP) is 3.71. The van der Waals surface area contributed by atoms with E-state index in [1.54, 1.807) is 11.6 Å². The molecule has 1 aromatic heterocycles. The normalized spacial score (nSPS) is 30.3. The molecule has 27 heavy (non-hydrogen) atoms. The second-order valence-corrected chi connectivity index (χ2v) is 8.56. The summed E-state index contributed by atoms with van der Waals surface area (Å²) in [5, 5.41) is 2.29. The zero-order valence-electron chi connectivity index (χ0n) is 14.6. The van der Waals surface area contributed by atoms with Crippen LogP contribution in [0.25, 0.3) is 0 Å². The number of amides is 2. The van der Waals surface area contributed by atoms with E-state index in [0.717, 1.165) is 0 Å². The van der Waals surface area contributed by atoms with Gasteiger partial charge in [0.05, 0.1) is 11.8 Å². The summed E-state index contributed by atoms with van der Waals surface area (Å²) in [7, 11) is 0. The molecule has 1 fully saturated rings. The van der Waals surface area contributed by atoms with Crippen LogP contribution in [0, 0.1) is 11.8 Å². The number of imide groups is 1. The Morgan fingerprint density at radius 1 is 0.963 bits per heavy atom. The van der Waals surface area contributed by atoms with E-state index in [1.807, 2.05) is 24.3 Å². The van der Waals surface area contributed by atoms with Crippen molar-refractivity contribution in [3.05, 3.63) is 82.4 Å². The molecule has 1 aliphatic heterocycles. The molecule has 3 aliphatic carbocycles. The van der Waals surface area contributed by atoms with E-state index in [1.165, 1.54) is 38.5 Å². The van der Waals surface area contributed by atoms with Gasteiger partial charge < -0.3 is 0 Å². The Morgan fingerprint density at radius 3 is 2.19 bits per heavy atom. The van der Waals surface area contributed by atoms with Gasteiger partial charge in [0.25, 0.3) is 0 Å². The van der Waals surface area contributed by atoms with Crippen molar-refractivity contribution in [3.63, 3.8) is 0 Å². The molecule has 132 valence electrons. The number of carbonyl (C=O) groups is 2. The highest BCUT2D eigenvalue weighted by Crippen LogP contribution is 2.64. The van der Waals surface area contributed by atoms with Crippen molar-refractivity contribution in [1.29, 1.82) is 0 Å². The summed E-state index contributed by atoms with van der Waals surface area (Å²) in [6, 6.07) is 16.6. The Hall–Kier alpha value is -2.79. The number of nitrogens with zero attached hydrogens (tertiary/aromatic N) is 2. The van der Waals surface area contributed by atoms with E-state index in [-0.39, 0.29) is 29.6 Å². The first-order chi connectivity index (χ1) is 13.1. The summed E-state index contributed by atoms with van der Waals surface area (Å²) in [5.74, 6) is -1.05. The van der Waals surface area contributed by atoms with Gasteiger partial charge in [0.2, 0.25) is 11.8 Å². The molecule has 0 spiro atoms. The first-order valence-corrected chi connectivity index (χ1v) is 9.98. The van der Waals surface area contributed by atoms with Crippen LogP contribution in [0.15, 0.2) is 60.1 Å². The van der Waals surface area contributed by atoms with Crippen LogP contribution in [-0.2, 0) is 15.0 Å². The molecule has 0 radical (unpaired) electrons. The third-order valence-electron chi connectivity index (χ3n) is 6.65. The molecule has 0 unspecified atom stereocenters. The zero-order valence-corrected chi connectivity index (χ0v) is 15.4. The highest BCUT2D eigenvalue weighted by Gasteiger charge is 2.66. The maximum atomic E-state index is 13.5. The Bertz CT molecular complexity index is 1070. The summed E-state index contributed by atoms with van der Waals surface area (Å²) < 4.78 is 0. The molecule has 0 saturated carbocycles. The molecule has 7 rings (SSSR count). The minimum atomic E-state index is -0.509. The van der Waals surface area contributed by atoms with Gasteiger partial charge in [-0.25, -0.2) is 9.88 Å². The first-order valence-electron chi connectivity index (χ1n) is 9.10. The van der Waals surface area contributed by atoms with Gasteiger partial charge in [0.1, 0.15) is 0 Å². The summed E-state index contributed by atoms with van der Waals surface area (Å²) in [5.41, 5.74) is 4.21. The average Bonchev–Trinajstić information content (AvgIpc) is 3.30. The number of anilines is 1. The van der Waals surface area contributed by atoms with Gasteiger partial charge in [-0.3, -0.25) is 9.59 Å². The van der Waals surface area contributed by atoms with Gasteiger partial charge in [-0.05, 0) is 22.3 Å². The number of hydrogen-bond acceptors (Lipinski definition) is 4. The number of rotatable bonds is 1. The van der Waals surface area contributed by atoms with E-state index in [9.17, 15) is 9.59 Å². The quantitative estimate of drug-likeness (QED) is 0.612. The third kappa shape index (κ3) is 1.62. The fraction of sp³-hybridized carbons (Fsp3) is 0.227. The fourth-order valence-electron chi connectivity index (χ4n) is 5.67. The molecule has 1 saturated heterocycles. The Labute approximate surface area is 160 Å². The largest absolute Gasteiger partial charge is 0.274 e. The maximum Gasteiger partial charge on any atom is 0.240 e. The Balaban J connectivity index is 1.66. The average molecular weight is 372 g/mol.